The Morgan fingerprint density at radius 2 is 2.12 bits per heavy atom. The normalized spacial score (nSPS) is 22.7. The van der Waals surface area contributed by atoms with Gasteiger partial charge in [-0.05, 0) is 5.56 Å². The highest BCUT2D eigenvalue weighted by atomic mass is 16.5. The van der Waals surface area contributed by atoms with E-state index in [2.05, 4.69) is 23.5 Å². The van der Waals surface area contributed by atoms with E-state index in [1.165, 1.54) is 5.56 Å². The average molecular weight is 233 g/mol. The summed E-state index contributed by atoms with van der Waals surface area (Å²) in [6, 6.07) is 10.2. The Kier molecular flexibility index (Phi) is 5.23. The average Bonchev–Trinajstić information content (AvgIpc) is 2.33. The molecule has 3 heteroatoms. The summed E-state index contributed by atoms with van der Waals surface area (Å²) in [5.41, 5.74) is 1.20. The Balaban J connectivity index is 1.69. The number of rotatable bonds is 4. The fraction of sp³-hybridized carbons (Fsp3) is 0.429. The number of hydrogen-bond acceptors (Lipinski definition) is 3. The molecule has 17 heavy (non-hydrogen) atoms. The van der Waals surface area contributed by atoms with Crippen molar-refractivity contribution >= 4 is 0 Å². The molecule has 0 saturated carbocycles. The van der Waals surface area contributed by atoms with E-state index in [4.69, 9.17) is 9.47 Å². The molecule has 0 bridgehead atoms. The fourth-order valence-corrected chi connectivity index (χ4v) is 1.72. The predicted molar refractivity (Wildman–Crippen MR) is 67.8 cm³/mol. The van der Waals surface area contributed by atoms with Gasteiger partial charge in [0.1, 0.15) is 0 Å². The Bertz CT molecular complexity index is 337. The summed E-state index contributed by atoms with van der Waals surface area (Å²) in [7, 11) is 0. The quantitative estimate of drug-likeness (QED) is 0.804. The summed E-state index contributed by atoms with van der Waals surface area (Å²) in [6.07, 6.45) is 4.26. The van der Waals surface area contributed by atoms with Crippen molar-refractivity contribution in [2.75, 3.05) is 26.3 Å². The second kappa shape index (κ2) is 7.22. The third-order valence-electron chi connectivity index (χ3n) is 2.64. The molecular formula is C14H19NO2. The van der Waals surface area contributed by atoms with Crippen molar-refractivity contribution in [3.05, 3.63) is 48.0 Å². The summed E-state index contributed by atoms with van der Waals surface area (Å²) in [5.74, 6) is 0. The van der Waals surface area contributed by atoms with Gasteiger partial charge < -0.3 is 14.8 Å². The Morgan fingerprint density at radius 1 is 1.24 bits per heavy atom. The van der Waals surface area contributed by atoms with Gasteiger partial charge in [-0.1, -0.05) is 42.5 Å². The molecule has 0 unspecified atom stereocenters. The van der Waals surface area contributed by atoms with E-state index in [1.807, 2.05) is 24.3 Å². The molecule has 1 aliphatic heterocycles. The Morgan fingerprint density at radius 3 is 3.00 bits per heavy atom. The van der Waals surface area contributed by atoms with Gasteiger partial charge >= 0.3 is 0 Å². The molecule has 1 N–H and O–H groups in total. The van der Waals surface area contributed by atoms with E-state index in [0.29, 0.717) is 19.8 Å². The van der Waals surface area contributed by atoms with Gasteiger partial charge in [0.25, 0.3) is 0 Å². The largest absolute Gasteiger partial charge is 0.374 e. The lowest BCUT2D eigenvalue weighted by molar-refractivity contribution is -0.0111. The van der Waals surface area contributed by atoms with E-state index in [0.717, 1.165) is 13.1 Å². The lowest BCUT2D eigenvalue weighted by Crippen LogP contribution is -2.34. The van der Waals surface area contributed by atoms with Gasteiger partial charge in [0.15, 0.2) is 0 Å². The first-order chi connectivity index (χ1) is 8.45. The molecular weight excluding hydrogens is 214 g/mol. The van der Waals surface area contributed by atoms with Crippen LogP contribution in [0.5, 0.6) is 0 Å². The molecule has 0 aliphatic carbocycles. The Hall–Kier alpha value is -1.16. The molecule has 1 aromatic carbocycles. The number of hydrogen-bond donors (Lipinski definition) is 1. The van der Waals surface area contributed by atoms with Gasteiger partial charge in [0.2, 0.25) is 0 Å². The van der Waals surface area contributed by atoms with Crippen molar-refractivity contribution in [2.24, 2.45) is 0 Å². The number of nitrogens with one attached hydrogen (secondary N) is 1. The lowest BCUT2D eigenvalue weighted by Gasteiger charge is -2.19. The van der Waals surface area contributed by atoms with Crippen LogP contribution in [0.3, 0.4) is 0 Å². The highest BCUT2D eigenvalue weighted by molar-refractivity contribution is 5.13. The first-order valence-electron chi connectivity index (χ1n) is 6.04. The van der Waals surface area contributed by atoms with E-state index in [9.17, 15) is 0 Å². The highest BCUT2D eigenvalue weighted by Gasteiger charge is 2.09. The molecule has 92 valence electrons. The van der Waals surface area contributed by atoms with Crippen LogP contribution in [-0.2, 0) is 16.1 Å². The molecule has 0 fully saturated rings. The molecule has 0 spiro atoms. The fourth-order valence-electron chi connectivity index (χ4n) is 1.72. The molecule has 1 heterocycles. The minimum Gasteiger partial charge on any atom is -0.374 e. The second-order valence-electron chi connectivity index (χ2n) is 4.09. The third-order valence-corrected chi connectivity index (χ3v) is 2.64. The van der Waals surface area contributed by atoms with Gasteiger partial charge in [-0.25, -0.2) is 0 Å². The van der Waals surface area contributed by atoms with Gasteiger partial charge in [-0.2, -0.15) is 0 Å². The zero-order chi connectivity index (χ0) is 11.8. The summed E-state index contributed by atoms with van der Waals surface area (Å²) >= 11 is 0. The molecule has 2 rings (SSSR count). The monoisotopic (exact) mass is 233 g/mol. The van der Waals surface area contributed by atoms with Gasteiger partial charge in [0.05, 0.1) is 25.9 Å². The van der Waals surface area contributed by atoms with Crippen LogP contribution < -0.4 is 5.32 Å². The molecule has 1 aromatic rings. The standard InChI is InChI=1S/C14H19NO2/c1-2-6-13(7-3-1)11-16-12-14-10-15-8-4-5-9-17-14/h1-7,14-15H,8-12H2/b5-4-/t14-/m0/s1. The van der Waals surface area contributed by atoms with E-state index in [1.54, 1.807) is 0 Å². The van der Waals surface area contributed by atoms with Crippen molar-refractivity contribution in [3.8, 4) is 0 Å². The maximum Gasteiger partial charge on any atom is 0.0936 e. The first-order valence-corrected chi connectivity index (χ1v) is 6.04. The van der Waals surface area contributed by atoms with Crippen LogP contribution in [0.1, 0.15) is 5.56 Å². The van der Waals surface area contributed by atoms with Crippen molar-refractivity contribution < 1.29 is 9.47 Å². The van der Waals surface area contributed by atoms with Crippen LogP contribution in [0.15, 0.2) is 42.5 Å². The minimum atomic E-state index is 0.142. The number of benzene rings is 1. The summed E-state index contributed by atoms with van der Waals surface area (Å²) in [6.45, 7) is 3.73. The molecule has 0 aromatic heterocycles. The van der Waals surface area contributed by atoms with E-state index in [-0.39, 0.29) is 6.10 Å². The zero-order valence-corrected chi connectivity index (χ0v) is 9.97. The first kappa shape index (κ1) is 12.3. The molecule has 0 saturated heterocycles. The molecule has 1 aliphatic rings. The molecule has 0 radical (unpaired) electrons. The molecule has 3 nitrogen and oxygen atoms in total. The molecule has 0 amide bonds. The predicted octanol–water partition coefficient (Wildman–Crippen LogP) is 1.75. The van der Waals surface area contributed by atoms with Crippen molar-refractivity contribution in [1.82, 2.24) is 5.32 Å². The summed E-state index contributed by atoms with van der Waals surface area (Å²) in [5, 5.41) is 3.29. The summed E-state index contributed by atoms with van der Waals surface area (Å²) < 4.78 is 11.3. The van der Waals surface area contributed by atoms with Gasteiger partial charge in [-0.15, -0.1) is 0 Å². The summed E-state index contributed by atoms with van der Waals surface area (Å²) in [4.78, 5) is 0. The maximum absolute atomic E-state index is 5.67. The zero-order valence-electron chi connectivity index (χ0n) is 9.97. The van der Waals surface area contributed by atoms with Crippen molar-refractivity contribution in [3.63, 3.8) is 0 Å². The molecule has 1 atom stereocenters. The van der Waals surface area contributed by atoms with Crippen LogP contribution in [0.25, 0.3) is 0 Å². The number of ether oxygens (including phenoxy) is 2. The maximum atomic E-state index is 5.67. The van der Waals surface area contributed by atoms with Crippen LogP contribution in [0.4, 0.5) is 0 Å². The van der Waals surface area contributed by atoms with Gasteiger partial charge in [0, 0.05) is 13.1 Å². The van der Waals surface area contributed by atoms with Crippen LogP contribution in [0, 0.1) is 0 Å². The third kappa shape index (κ3) is 4.69. The smallest absolute Gasteiger partial charge is 0.0936 e. The van der Waals surface area contributed by atoms with Gasteiger partial charge in [-0.3, -0.25) is 0 Å². The Labute approximate surface area is 102 Å². The second-order valence-corrected chi connectivity index (χ2v) is 4.09. The minimum absolute atomic E-state index is 0.142. The van der Waals surface area contributed by atoms with E-state index < -0.39 is 0 Å². The SMILES string of the molecule is C1=C\CO[C@H](COCc2ccccc2)CNC/1. The van der Waals surface area contributed by atoms with Crippen molar-refractivity contribution in [1.29, 1.82) is 0 Å². The van der Waals surface area contributed by atoms with Crippen molar-refractivity contribution in [2.45, 2.75) is 12.7 Å². The van der Waals surface area contributed by atoms with Crippen LogP contribution >= 0.6 is 0 Å². The van der Waals surface area contributed by atoms with E-state index >= 15 is 0 Å². The van der Waals surface area contributed by atoms with Crippen LogP contribution in [-0.4, -0.2) is 32.4 Å². The highest BCUT2D eigenvalue weighted by Crippen LogP contribution is 2.02. The van der Waals surface area contributed by atoms with Crippen LogP contribution in [0.2, 0.25) is 0 Å². The topological polar surface area (TPSA) is 30.5 Å². The lowest BCUT2D eigenvalue weighted by atomic mass is 10.2.